The van der Waals surface area contributed by atoms with Gasteiger partial charge in [-0.3, -0.25) is 9.36 Å². The second kappa shape index (κ2) is 14.4. The number of aliphatic hydroxyl groups is 2. The summed E-state index contributed by atoms with van der Waals surface area (Å²) in [4.78, 5) is 28.0. The molecular weight excluding hydrogens is 503 g/mol. The number of nitrogens with one attached hydrogen (secondary N) is 1. The lowest BCUT2D eigenvalue weighted by Gasteiger charge is -2.23. The van der Waals surface area contributed by atoms with Crippen LogP contribution in [0.3, 0.4) is 0 Å². The first-order valence-corrected chi connectivity index (χ1v) is 13.1. The number of benzene rings is 1. The molecular formula is C24H37N4O8P. The molecule has 4 atom stereocenters. The lowest BCUT2D eigenvalue weighted by atomic mass is 10.2. The third kappa shape index (κ3) is 12.0. The second-order valence-electron chi connectivity index (χ2n) is 9.12. The minimum absolute atomic E-state index is 0.170. The Hall–Kier alpha value is -2.60. The van der Waals surface area contributed by atoms with Crippen LogP contribution in [0.25, 0.3) is 0 Å². The molecule has 3 rings (SSSR count). The number of carbonyl (C=O) groups is 1. The molecule has 1 aromatic carbocycles. The molecule has 0 spiro atoms. The molecule has 1 aliphatic heterocycles. The highest BCUT2D eigenvalue weighted by Gasteiger charge is 2.30. The van der Waals surface area contributed by atoms with Crippen LogP contribution in [0, 0.1) is 0 Å². The van der Waals surface area contributed by atoms with Gasteiger partial charge in [0, 0.05) is 6.20 Å². The quantitative estimate of drug-likeness (QED) is 0.198. The molecule has 1 fully saturated rings. The van der Waals surface area contributed by atoms with Gasteiger partial charge in [0.25, 0.3) is 0 Å². The van der Waals surface area contributed by atoms with Gasteiger partial charge in [-0.2, -0.15) is 4.98 Å². The summed E-state index contributed by atoms with van der Waals surface area (Å²) in [6, 6.07) is 10.1. The van der Waals surface area contributed by atoms with Crippen LogP contribution in [0.1, 0.15) is 53.7 Å². The van der Waals surface area contributed by atoms with E-state index in [4.69, 9.17) is 34.5 Å². The number of esters is 1. The Morgan fingerprint density at radius 2 is 1.89 bits per heavy atom. The van der Waals surface area contributed by atoms with Gasteiger partial charge in [-0.1, -0.05) is 18.2 Å². The fourth-order valence-corrected chi connectivity index (χ4v) is 4.24. The number of anilines is 1. The largest absolute Gasteiger partial charge is 0.462 e. The molecule has 0 amide bonds. The predicted molar refractivity (Wildman–Crippen MR) is 138 cm³/mol. The van der Waals surface area contributed by atoms with Crippen molar-refractivity contribution in [3.05, 3.63) is 53.1 Å². The molecule has 1 aromatic heterocycles. The minimum atomic E-state index is -1.66. The third-order valence-corrected chi connectivity index (χ3v) is 5.92. The summed E-state index contributed by atoms with van der Waals surface area (Å²) >= 11 is 0. The molecule has 13 heteroatoms. The average molecular weight is 541 g/mol. The molecule has 206 valence electrons. The average Bonchev–Trinajstić information content (AvgIpc) is 3.25. The van der Waals surface area contributed by atoms with E-state index < -0.39 is 32.3 Å². The maximum absolute atomic E-state index is 12.2. The lowest BCUT2D eigenvalue weighted by molar-refractivity contribution is -0.149. The number of hydrogen-bond donors (Lipinski definition) is 4. The summed E-state index contributed by atoms with van der Waals surface area (Å²) in [5.41, 5.74) is 5.09. The smallest absolute Gasteiger partial charge is 0.351 e. The first-order valence-electron chi connectivity index (χ1n) is 11.9. The van der Waals surface area contributed by atoms with E-state index in [-0.39, 0.29) is 30.6 Å². The first kappa shape index (κ1) is 30.6. The monoisotopic (exact) mass is 540 g/mol. The van der Waals surface area contributed by atoms with E-state index in [2.05, 4.69) is 10.1 Å². The zero-order valence-corrected chi connectivity index (χ0v) is 22.6. The second-order valence-corrected chi connectivity index (χ2v) is 10.3. The molecule has 12 nitrogen and oxygen atoms in total. The topological polar surface area (TPSA) is 167 Å². The van der Waals surface area contributed by atoms with Crippen molar-refractivity contribution in [2.24, 2.45) is 0 Å². The number of nitrogens with two attached hydrogens (primary N) is 1. The van der Waals surface area contributed by atoms with E-state index in [0.29, 0.717) is 18.6 Å². The number of nitrogens with zero attached hydrogens (tertiary/aromatic N) is 2. The molecule has 1 aliphatic rings. The van der Waals surface area contributed by atoms with Crippen LogP contribution < -0.4 is 21.0 Å². The van der Waals surface area contributed by atoms with Crippen molar-refractivity contribution in [2.45, 2.75) is 77.7 Å². The molecule has 0 radical (unpaired) electrons. The molecule has 5 N–H and O–H groups in total. The summed E-state index contributed by atoms with van der Waals surface area (Å²) in [6.07, 6.45) is 2.02. The predicted octanol–water partition coefficient (Wildman–Crippen LogP) is 2.46. The number of rotatable bonds is 10. The van der Waals surface area contributed by atoms with Crippen LogP contribution in [0.2, 0.25) is 0 Å². The number of ether oxygens (including phenoxy) is 2. The fourth-order valence-electron chi connectivity index (χ4n) is 3.02. The van der Waals surface area contributed by atoms with E-state index in [1.165, 1.54) is 18.4 Å². The molecule has 37 heavy (non-hydrogen) atoms. The highest BCUT2D eigenvalue weighted by molar-refractivity contribution is 7.45. The summed E-state index contributed by atoms with van der Waals surface area (Å²) in [5, 5.41) is 19.2. The molecule has 0 bridgehead atoms. The number of carbonyl (C=O) groups excluding carboxylic acids is 1. The lowest BCUT2D eigenvalue weighted by Crippen LogP contribution is -2.35. The maximum atomic E-state index is 12.2. The van der Waals surface area contributed by atoms with Crippen LogP contribution in [-0.2, 0) is 18.8 Å². The molecule has 2 aromatic rings. The van der Waals surface area contributed by atoms with Gasteiger partial charge >= 0.3 is 20.2 Å². The minimum Gasteiger partial charge on any atom is -0.462 e. The van der Waals surface area contributed by atoms with Crippen LogP contribution in [0.15, 0.2) is 47.4 Å². The highest BCUT2D eigenvalue weighted by atomic mass is 31.2. The van der Waals surface area contributed by atoms with Crippen molar-refractivity contribution in [1.82, 2.24) is 14.6 Å². The van der Waals surface area contributed by atoms with Crippen molar-refractivity contribution in [2.75, 3.05) is 12.3 Å². The Balaban J connectivity index is 0.000000877. The van der Waals surface area contributed by atoms with Gasteiger partial charge in [-0.25, -0.2) is 9.88 Å². The van der Waals surface area contributed by atoms with Crippen LogP contribution in [0.5, 0.6) is 5.75 Å². The number of hydrogen-bond acceptors (Lipinski definition) is 11. The SMILES string of the molecule is CC(C)(O)O.CC(C)OC(=O)C(C)NP(OCC1CCC(n2ccc(N)nc2=O)O1)Oc1ccccc1. The van der Waals surface area contributed by atoms with Gasteiger partial charge in [0.05, 0.1) is 18.8 Å². The summed E-state index contributed by atoms with van der Waals surface area (Å²) in [6.45, 7) is 8.10. The standard InChI is InChI=1S/C21H29N4O6P.C3H8O2/c1-14(2)29-20(26)15(3)24-32(31-16-7-5-4-6-8-16)28-13-17-9-10-19(30-17)25-12-11-18(22)23-21(25)27;1-3(2,4)5/h4-8,11-12,14-15,17,19,24H,9-10,13H2,1-3H3,(H2,22,23,27);4-5H,1-2H3. The number of para-hydroxylation sites is 1. The van der Waals surface area contributed by atoms with E-state index in [0.717, 1.165) is 0 Å². The van der Waals surface area contributed by atoms with Gasteiger partial charge in [-0.05, 0) is 65.7 Å². The van der Waals surface area contributed by atoms with E-state index in [1.807, 2.05) is 18.2 Å². The van der Waals surface area contributed by atoms with Crippen molar-refractivity contribution in [3.8, 4) is 5.75 Å². The molecule has 0 aliphatic carbocycles. The Bertz CT molecular complexity index is 1030. The van der Waals surface area contributed by atoms with Crippen LogP contribution in [-0.4, -0.2) is 56.4 Å². The fraction of sp³-hybridized carbons (Fsp3) is 0.542. The van der Waals surface area contributed by atoms with Gasteiger partial charge < -0.3 is 34.5 Å². The Kier molecular flexibility index (Phi) is 11.9. The number of aromatic nitrogens is 2. The molecule has 1 saturated heterocycles. The van der Waals surface area contributed by atoms with Crippen molar-refractivity contribution in [1.29, 1.82) is 0 Å². The van der Waals surface area contributed by atoms with E-state index >= 15 is 0 Å². The highest BCUT2D eigenvalue weighted by Crippen LogP contribution is 2.38. The Labute approximate surface area is 217 Å². The maximum Gasteiger partial charge on any atom is 0.351 e. The summed E-state index contributed by atoms with van der Waals surface area (Å²) in [7, 11) is -1.66. The normalized spacial score (nSPS) is 19.0. The van der Waals surface area contributed by atoms with Gasteiger partial charge in [0.1, 0.15) is 23.8 Å². The summed E-state index contributed by atoms with van der Waals surface area (Å²) < 4.78 is 24.5. The first-order chi connectivity index (χ1) is 17.3. The van der Waals surface area contributed by atoms with E-state index in [1.54, 1.807) is 45.2 Å². The van der Waals surface area contributed by atoms with Gasteiger partial charge in [0.2, 0.25) is 0 Å². The van der Waals surface area contributed by atoms with Crippen LogP contribution in [0.4, 0.5) is 5.82 Å². The zero-order chi connectivity index (χ0) is 27.6. The van der Waals surface area contributed by atoms with E-state index in [9.17, 15) is 9.59 Å². The molecule has 2 heterocycles. The Morgan fingerprint density at radius 3 is 2.49 bits per heavy atom. The van der Waals surface area contributed by atoms with Crippen molar-refractivity contribution >= 4 is 20.3 Å². The third-order valence-electron chi connectivity index (χ3n) is 4.56. The Morgan fingerprint density at radius 1 is 1.24 bits per heavy atom. The summed E-state index contributed by atoms with van der Waals surface area (Å²) in [5.74, 6) is -1.11. The van der Waals surface area contributed by atoms with Crippen LogP contribution >= 0.6 is 8.53 Å². The zero-order valence-electron chi connectivity index (χ0n) is 21.7. The molecule has 0 saturated carbocycles. The van der Waals surface area contributed by atoms with Crippen molar-refractivity contribution < 1.29 is 33.5 Å². The molecule has 4 unspecified atom stereocenters. The van der Waals surface area contributed by atoms with Gasteiger partial charge in [0.15, 0.2) is 5.79 Å². The van der Waals surface area contributed by atoms with Gasteiger partial charge in [-0.15, -0.1) is 0 Å². The van der Waals surface area contributed by atoms with Crippen molar-refractivity contribution in [3.63, 3.8) is 0 Å². The number of nitrogen functional groups attached to an aromatic ring is 1.